The molecule has 5 nitrogen and oxygen atoms in total. The largest absolute Gasteiger partial charge is 0.364 e. The number of hydrogen-bond donors (Lipinski definition) is 1. The van der Waals surface area contributed by atoms with E-state index in [2.05, 4.69) is 10.1 Å². The van der Waals surface area contributed by atoms with Crippen LogP contribution < -0.4 is 0 Å². The van der Waals surface area contributed by atoms with E-state index < -0.39 is 36.6 Å². The Hall–Kier alpha value is -3.33. The maximum Gasteiger partial charge on any atom is 0.287 e. The van der Waals surface area contributed by atoms with Crippen LogP contribution in [0.5, 0.6) is 0 Å². The van der Waals surface area contributed by atoms with E-state index in [0.29, 0.717) is 16.6 Å². The Bertz CT molecular complexity index is 1250. The third-order valence-electron chi connectivity index (χ3n) is 5.43. The number of halogens is 4. The van der Waals surface area contributed by atoms with E-state index in [9.17, 15) is 27.5 Å². The summed E-state index contributed by atoms with van der Waals surface area (Å²) in [6.45, 7) is 3.80. The fourth-order valence-corrected chi connectivity index (χ4v) is 3.81. The number of benzene rings is 2. The summed E-state index contributed by atoms with van der Waals surface area (Å²) in [7, 11) is 0. The molecule has 0 saturated carbocycles. The molecule has 2 heterocycles. The summed E-state index contributed by atoms with van der Waals surface area (Å²) < 4.78 is 53.7. The second-order valence-electron chi connectivity index (χ2n) is 7.76. The van der Waals surface area contributed by atoms with Crippen molar-refractivity contribution >= 4 is 22.5 Å². The lowest BCUT2D eigenvalue weighted by Crippen LogP contribution is -2.51. The summed E-state index contributed by atoms with van der Waals surface area (Å²) in [5.41, 5.74) is -0.775. The van der Waals surface area contributed by atoms with E-state index in [1.54, 1.807) is 24.3 Å². The van der Waals surface area contributed by atoms with Crippen LogP contribution in [-0.2, 0) is 0 Å². The highest BCUT2D eigenvalue weighted by molar-refractivity contribution is 6.08. The lowest BCUT2D eigenvalue weighted by molar-refractivity contribution is -0.164. The molecule has 1 N–H and O–H groups in total. The molecule has 0 spiro atoms. The molecule has 32 heavy (non-hydrogen) atoms. The minimum absolute atomic E-state index is 0.0761. The molecule has 1 aromatic heterocycles. The Morgan fingerprint density at radius 1 is 1.09 bits per heavy atom. The maximum atomic E-state index is 13.7. The van der Waals surface area contributed by atoms with Crippen LogP contribution in [0.2, 0.25) is 0 Å². The Labute approximate surface area is 181 Å². The highest BCUT2D eigenvalue weighted by Crippen LogP contribution is 2.36. The number of hydrogen-bond acceptors (Lipinski definition) is 4. The van der Waals surface area contributed by atoms with Gasteiger partial charge in [0.15, 0.2) is 0 Å². The highest BCUT2D eigenvalue weighted by atomic mass is 19.3. The first kappa shape index (κ1) is 21.9. The first-order valence-electron chi connectivity index (χ1n) is 9.80. The van der Waals surface area contributed by atoms with E-state index in [-0.39, 0.29) is 10.6 Å². The van der Waals surface area contributed by atoms with Gasteiger partial charge in [0.05, 0.1) is 16.8 Å². The Morgan fingerprint density at radius 3 is 2.47 bits per heavy atom. The molecule has 9 heteroatoms. The molecule has 166 valence electrons. The summed E-state index contributed by atoms with van der Waals surface area (Å²) in [6, 6.07) is 13.6. The van der Waals surface area contributed by atoms with Gasteiger partial charge in [0, 0.05) is 17.4 Å². The number of aliphatic hydroxyl groups is 1. The molecule has 1 aliphatic rings. The quantitative estimate of drug-likeness (QED) is 0.579. The second-order valence-corrected chi connectivity index (χ2v) is 7.76. The van der Waals surface area contributed by atoms with Gasteiger partial charge in [-0.3, -0.25) is 4.79 Å². The molecule has 2 aromatic carbocycles. The maximum absolute atomic E-state index is 13.7. The number of amides is 1. The fraction of sp³-hybridized carbons (Fsp3) is 0.261. The van der Waals surface area contributed by atoms with Gasteiger partial charge in [-0.05, 0) is 31.5 Å². The number of aromatic nitrogens is 1. The van der Waals surface area contributed by atoms with Gasteiger partial charge in [0.1, 0.15) is 5.71 Å². The van der Waals surface area contributed by atoms with Crippen molar-refractivity contribution < 1.29 is 27.5 Å². The van der Waals surface area contributed by atoms with Crippen molar-refractivity contribution in [3.8, 4) is 11.3 Å². The van der Waals surface area contributed by atoms with Crippen molar-refractivity contribution in [1.29, 1.82) is 0 Å². The Morgan fingerprint density at radius 2 is 1.81 bits per heavy atom. The van der Waals surface area contributed by atoms with Gasteiger partial charge < -0.3 is 5.11 Å². The van der Waals surface area contributed by atoms with Gasteiger partial charge in [0.2, 0.25) is 5.72 Å². The highest BCUT2D eigenvalue weighted by Gasteiger charge is 2.53. The van der Waals surface area contributed by atoms with E-state index in [1.165, 1.54) is 6.07 Å². The average molecular weight is 445 g/mol. The van der Waals surface area contributed by atoms with Crippen molar-refractivity contribution in [2.45, 2.75) is 38.8 Å². The number of carbonyl (C=O) groups is 1. The topological polar surface area (TPSA) is 65.8 Å². The minimum Gasteiger partial charge on any atom is -0.364 e. The van der Waals surface area contributed by atoms with E-state index in [1.807, 2.05) is 32.0 Å². The zero-order valence-corrected chi connectivity index (χ0v) is 17.2. The van der Waals surface area contributed by atoms with Crippen LogP contribution in [0.3, 0.4) is 0 Å². The second kappa shape index (κ2) is 7.98. The van der Waals surface area contributed by atoms with Crippen LogP contribution in [0.4, 0.5) is 17.6 Å². The van der Waals surface area contributed by atoms with Gasteiger partial charge in [-0.2, -0.15) is 10.1 Å². The molecule has 4 rings (SSSR count). The first-order chi connectivity index (χ1) is 15.1. The number of hydrazone groups is 1. The average Bonchev–Trinajstić information content (AvgIpc) is 3.12. The lowest BCUT2D eigenvalue weighted by Gasteiger charge is -2.30. The molecule has 1 aliphatic heterocycles. The first-order valence-corrected chi connectivity index (χ1v) is 9.80. The number of rotatable bonds is 4. The van der Waals surface area contributed by atoms with Crippen molar-refractivity contribution in [3.05, 3.63) is 65.2 Å². The summed E-state index contributed by atoms with van der Waals surface area (Å²) >= 11 is 0. The van der Waals surface area contributed by atoms with Crippen molar-refractivity contribution in [2.24, 2.45) is 5.10 Å². The van der Waals surface area contributed by atoms with E-state index in [4.69, 9.17) is 0 Å². The molecule has 0 aliphatic carbocycles. The van der Waals surface area contributed by atoms with Crippen LogP contribution in [0, 0.1) is 13.8 Å². The summed E-state index contributed by atoms with van der Waals surface area (Å²) in [5.74, 6) is -1.12. The van der Waals surface area contributed by atoms with Crippen molar-refractivity contribution in [2.75, 3.05) is 0 Å². The predicted molar refractivity (Wildman–Crippen MR) is 112 cm³/mol. The zero-order chi connectivity index (χ0) is 23.2. The minimum atomic E-state index is -3.50. The van der Waals surface area contributed by atoms with Crippen LogP contribution in [0.25, 0.3) is 22.2 Å². The Kier molecular flexibility index (Phi) is 5.46. The molecule has 3 aromatic rings. The third kappa shape index (κ3) is 3.62. The lowest BCUT2D eigenvalue weighted by atomic mass is 9.98. The molecule has 1 atom stereocenters. The Balaban J connectivity index is 1.90. The number of nitrogens with zero attached hydrogens (tertiary/aromatic N) is 3. The summed E-state index contributed by atoms with van der Waals surface area (Å²) in [6.07, 6.45) is -7.82. The van der Waals surface area contributed by atoms with E-state index >= 15 is 0 Å². The fourth-order valence-electron chi connectivity index (χ4n) is 3.81. The number of pyridine rings is 1. The van der Waals surface area contributed by atoms with Gasteiger partial charge in [-0.1, -0.05) is 42.0 Å². The van der Waals surface area contributed by atoms with Crippen LogP contribution in [0.1, 0.15) is 27.9 Å². The van der Waals surface area contributed by atoms with Crippen molar-refractivity contribution in [3.63, 3.8) is 0 Å². The van der Waals surface area contributed by atoms with Crippen LogP contribution in [-0.4, -0.2) is 45.3 Å². The van der Waals surface area contributed by atoms with Gasteiger partial charge in [-0.25, -0.2) is 22.5 Å². The monoisotopic (exact) mass is 445 g/mol. The van der Waals surface area contributed by atoms with E-state index in [0.717, 1.165) is 16.7 Å². The van der Waals surface area contributed by atoms with Gasteiger partial charge in [0.25, 0.3) is 18.8 Å². The number of para-hydroxylation sites is 1. The zero-order valence-electron chi connectivity index (χ0n) is 17.2. The SMILES string of the molecule is Cc1ccc(-c2cc(C(=O)N3N=C(C(F)F)CC3(O)C(F)F)c3ccccc3n2)c(C)c1. The molecule has 1 amide bonds. The molecular weight excluding hydrogens is 426 g/mol. The molecular formula is C23H19F4N3O2. The molecule has 0 fully saturated rings. The standard InChI is InChI=1S/C23H19F4N3O2/c1-12-7-8-14(13(2)9-12)18-10-16(15-5-3-4-6-17(15)28-18)21(31)30-23(32,22(26)27)11-19(29-30)20(24)25/h3-10,20,22,32H,11H2,1-2H3. The smallest absolute Gasteiger partial charge is 0.287 e. The van der Waals surface area contributed by atoms with Crippen LogP contribution in [0.15, 0.2) is 53.6 Å². The number of aryl methyl sites for hydroxylation is 2. The molecule has 0 radical (unpaired) electrons. The summed E-state index contributed by atoms with van der Waals surface area (Å²) in [5, 5.41) is 14.2. The normalized spacial score (nSPS) is 18.7. The molecule has 0 bridgehead atoms. The number of carbonyl (C=O) groups excluding carboxylic acids is 1. The molecule has 0 saturated heterocycles. The van der Waals surface area contributed by atoms with Gasteiger partial charge in [-0.15, -0.1) is 0 Å². The van der Waals surface area contributed by atoms with Gasteiger partial charge >= 0.3 is 0 Å². The molecule has 1 unspecified atom stereocenters. The summed E-state index contributed by atoms with van der Waals surface area (Å²) in [4.78, 5) is 17.9. The number of alkyl halides is 4. The van der Waals surface area contributed by atoms with Crippen LogP contribution >= 0.6 is 0 Å². The predicted octanol–water partition coefficient (Wildman–Crippen LogP) is 4.94. The van der Waals surface area contributed by atoms with Crippen molar-refractivity contribution in [1.82, 2.24) is 9.99 Å². The number of fused-ring (bicyclic) bond motifs is 1. The third-order valence-corrected chi connectivity index (χ3v) is 5.43.